The number of hydrogen-bond acceptors (Lipinski definition) is 2. The van der Waals surface area contributed by atoms with Crippen molar-refractivity contribution in [2.24, 2.45) is 5.10 Å². The van der Waals surface area contributed by atoms with Crippen molar-refractivity contribution in [1.29, 1.82) is 0 Å². The minimum Gasteiger partial charge on any atom is -0.313 e. The van der Waals surface area contributed by atoms with Gasteiger partial charge in [0.05, 0.1) is 5.71 Å². The van der Waals surface area contributed by atoms with Crippen LogP contribution < -0.4 is 5.43 Å². The molecular weight excluding hydrogens is 150 g/mol. The molecule has 64 valence electrons. The summed E-state index contributed by atoms with van der Waals surface area (Å²) >= 11 is 0. The van der Waals surface area contributed by atoms with E-state index in [9.17, 15) is 8.78 Å². The van der Waals surface area contributed by atoms with Crippen LogP contribution in [0.1, 0.15) is 13.8 Å². The summed E-state index contributed by atoms with van der Waals surface area (Å²) < 4.78 is 24.8. The summed E-state index contributed by atoms with van der Waals surface area (Å²) in [4.78, 5) is 0. The van der Waals surface area contributed by atoms with Crippen LogP contribution in [0.2, 0.25) is 0 Å². The highest BCUT2D eigenvalue weighted by Gasteiger charge is 2.01. The molecule has 1 N–H and O–H groups in total. The van der Waals surface area contributed by atoms with Crippen LogP contribution in [0.25, 0.3) is 0 Å². The van der Waals surface area contributed by atoms with Crippen molar-refractivity contribution < 1.29 is 8.78 Å². The van der Waals surface area contributed by atoms with E-state index in [1.54, 1.807) is 7.05 Å². The van der Waals surface area contributed by atoms with Crippen molar-refractivity contribution in [2.75, 3.05) is 7.05 Å². The first-order chi connectivity index (χ1) is 5.07. The fraction of sp³-hybridized carbons (Fsp3) is 0.571. The summed E-state index contributed by atoms with van der Waals surface area (Å²) in [5.74, 6) is -0.630. The second kappa shape index (κ2) is 4.82. The first-order valence-corrected chi connectivity index (χ1v) is 3.30. The predicted octanol–water partition coefficient (Wildman–Crippen LogP) is 1.79. The summed E-state index contributed by atoms with van der Waals surface area (Å²) in [6, 6.07) is 0. The van der Waals surface area contributed by atoms with E-state index in [1.807, 2.05) is 0 Å². The Kier molecular flexibility index (Phi) is 4.41. The average molecular weight is 162 g/mol. The monoisotopic (exact) mass is 162 g/mol. The molecule has 0 aliphatic rings. The van der Waals surface area contributed by atoms with Crippen molar-refractivity contribution in [2.45, 2.75) is 20.0 Å². The van der Waals surface area contributed by atoms with Crippen LogP contribution in [-0.2, 0) is 0 Å². The molecule has 0 aromatic heterocycles. The highest BCUT2D eigenvalue weighted by Crippen LogP contribution is 2.03. The minimum atomic E-state index is -1.28. The Morgan fingerprint density at radius 3 is 2.55 bits per heavy atom. The van der Waals surface area contributed by atoms with E-state index in [4.69, 9.17) is 0 Å². The molecule has 0 spiro atoms. The number of alkyl halides is 1. The Bertz CT molecular complexity index is 173. The number of hydrogen-bond donors (Lipinski definition) is 1. The molecule has 4 heteroatoms. The maximum atomic E-state index is 12.7. The van der Waals surface area contributed by atoms with E-state index >= 15 is 0 Å². The Labute approximate surface area is 65.0 Å². The summed E-state index contributed by atoms with van der Waals surface area (Å²) in [6.07, 6.45) is -0.409. The lowest BCUT2D eigenvalue weighted by Crippen LogP contribution is -2.03. The lowest BCUT2D eigenvalue weighted by molar-refractivity contribution is 0.424. The van der Waals surface area contributed by atoms with Crippen LogP contribution in [0.15, 0.2) is 17.0 Å². The third kappa shape index (κ3) is 4.47. The Balaban J connectivity index is 4.23. The number of nitrogens with zero attached hydrogens (tertiary/aromatic N) is 1. The third-order valence-electron chi connectivity index (χ3n) is 1.00. The molecule has 0 rings (SSSR count). The maximum Gasteiger partial charge on any atom is 0.145 e. The number of halogens is 2. The standard InChI is InChI=1S/C7H12F2N2/c1-5(8)4-7(9)6(2)11-10-3/h4-5,10H,1-3H3/b7-4+,11-6+. The van der Waals surface area contributed by atoms with E-state index in [-0.39, 0.29) is 5.71 Å². The fourth-order valence-corrected chi connectivity index (χ4v) is 0.543. The topological polar surface area (TPSA) is 24.4 Å². The smallest absolute Gasteiger partial charge is 0.145 e. The Hall–Kier alpha value is -0.930. The highest BCUT2D eigenvalue weighted by atomic mass is 19.1. The van der Waals surface area contributed by atoms with Gasteiger partial charge < -0.3 is 5.43 Å². The molecule has 0 heterocycles. The normalized spacial score (nSPS) is 16.5. The first kappa shape index (κ1) is 10.1. The van der Waals surface area contributed by atoms with E-state index in [0.29, 0.717) is 0 Å². The van der Waals surface area contributed by atoms with Crippen LogP contribution in [0.3, 0.4) is 0 Å². The highest BCUT2D eigenvalue weighted by molar-refractivity contribution is 5.95. The van der Waals surface area contributed by atoms with Gasteiger partial charge in [-0.3, -0.25) is 0 Å². The number of hydrazone groups is 1. The van der Waals surface area contributed by atoms with E-state index in [0.717, 1.165) is 6.08 Å². The molecule has 0 saturated heterocycles. The second-order valence-electron chi connectivity index (χ2n) is 2.11. The average Bonchev–Trinajstić information content (AvgIpc) is 1.86. The van der Waals surface area contributed by atoms with Gasteiger partial charge in [-0.05, 0) is 19.9 Å². The lowest BCUT2D eigenvalue weighted by atomic mass is 10.3. The molecule has 0 amide bonds. The van der Waals surface area contributed by atoms with Crippen LogP contribution in [-0.4, -0.2) is 18.9 Å². The SMILES string of the molecule is CN/N=C(C)/C(F)=C\C(C)F. The molecule has 11 heavy (non-hydrogen) atoms. The largest absolute Gasteiger partial charge is 0.313 e. The maximum absolute atomic E-state index is 12.7. The Morgan fingerprint density at radius 1 is 1.64 bits per heavy atom. The summed E-state index contributed by atoms with van der Waals surface area (Å²) in [5.41, 5.74) is 2.56. The summed E-state index contributed by atoms with van der Waals surface area (Å²) in [7, 11) is 1.55. The van der Waals surface area contributed by atoms with Gasteiger partial charge in [0.1, 0.15) is 12.0 Å². The zero-order chi connectivity index (χ0) is 8.85. The number of allylic oxidation sites excluding steroid dienone is 2. The molecule has 2 nitrogen and oxygen atoms in total. The quantitative estimate of drug-likeness (QED) is 0.496. The van der Waals surface area contributed by atoms with E-state index in [1.165, 1.54) is 13.8 Å². The zero-order valence-corrected chi connectivity index (χ0v) is 6.86. The summed E-state index contributed by atoms with van der Waals surface area (Å²) in [6.45, 7) is 2.72. The molecule has 1 unspecified atom stereocenters. The van der Waals surface area contributed by atoms with Gasteiger partial charge in [0.25, 0.3) is 0 Å². The second-order valence-corrected chi connectivity index (χ2v) is 2.11. The molecule has 0 aliphatic heterocycles. The third-order valence-corrected chi connectivity index (χ3v) is 1.00. The zero-order valence-electron chi connectivity index (χ0n) is 6.86. The molecule has 0 bridgehead atoms. The van der Waals surface area contributed by atoms with Crippen molar-refractivity contribution in [3.8, 4) is 0 Å². The van der Waals surface area contributed by atoms with E-state index < -0.39 is 12.0 Å². The van der Waals surface area contributed by atoms with Crippen molar-refractivity contribution in [3.05, 3.63) is 11.9 Å². The molecule has 0 radical (unpaired) electrons. The van der Waals surface area contributed by atoms with Gasteiger partial charge in [0.2, 0.25) is 0 Å². The van der Waals surface area contributed by atoms with Gasteiger partial charge in [0, 0.05) is 7.05 Å². The van der Waals surface area contributed by atoms with Crippen LogP contribution >= 0.6 is 0 Å². The van der Waals surface area contributed by atoms with E-state index in [2.05, 4.69) is 10.5 Å². The number of nitrogens with one attached hydrogen (secondary N) is 1. The van der Waals surface area contributed by atoms with Gasteiger partial charge in [-0.15, -0.1) is 0 Å². The van der Waals surface area contributed by atoms with Crippen LogP contribution in [0.4, 0.5) is 8.78 Å². The molecule has 0 saturated carbocycles. The minimum absolute atomic E-state index is 0.150. The van der Waals surface area contributed by atoms with Gasteiger partial charge in [-0.2, -0.15) is 5.10 Å². The molecule has 0 aromatic carbocycles. The lowest BCUT2D eigenvalue weighted by Gasteiger charge is -1.96. The molecule has 0 aliphatic carbocycles. The number of rotatable bonds is 3. The molecular formula is C7H12F2N2. The van der Waals surface area contributed by atoms with Gasteiger partial charge in [-0.1, -0.05) is 0 Å². The summed E-state index contributed by atoms with van der Waals surface area (Å²) in [5, 5.41) is 3.53. The molecule has 0 fully saturated rings. The van der Waals surface area contributed by atoms with Crippen LogP contribution in [0.5, 0.6) is 0 Å². The first-order valence-electron chi connectivity index (χ1n) is 3.30. The fourth-order valence-electron chi connectivity index (χ4n) is 0.543. The van der Waals surface area contributed by atoms with Crippen molar-refractivity contribution in [3.63, 3.8) is 0 Å². The molecule has 0 aromatic rings. The van der Waals surface area contributed by atoms with Crippen LogP contribution in [0, 0.1) is 0 Å². The molecule has 1 atom stereocenters. The van der Waals surface area contributed by atoms with Crippen molar-refractivity contribution in [1.82, 2.24) is 5.43 Å². The predicted molar refractivity (Wildman–Crippen MR) is 41.9 cm³/mol. The van der Waals surface area contributed by atoms with Gasteiger partial charge >= 0.3 is 0 Å². The van der Waals surface area contributed by atoms with Gasteiger partial charge in [0.15, 0.2) is 0 Å². The Morgan fingerprint density at radius 2 is 2.18 bits per heavy atom. The van der Waals surface area contributed by atoms with Gasteiger partial charge in [-0.25, -0.2) is 8.78 Å². The van der Waals surface area contributed by atoms with Crippen molar-refractivity contribution >= 4 is 5.71 Å².